The Bertz CT molecular complexity index is 691. The van der Waals surface area contributed by atoms with Gasteiger partial charge in [0, 0.05) is 37.2 Å². The van der Waals surface area contributed by atoms with E-state index in [1.165, 1.54) is 42.0 Å². The predicted molar refractivity (Wildman–Crippen MR) is 101 cm³/mol. The van der Waals surface area contributed by atoms with Crippen molar-refractivity contribution in [1.82, 2.24) is 15.6 Å². The zero-order chi connectivity index (χ0) is 16.8. The number of nitrogens with one attached hydrogen (secondary N) is 3. The van der Waals surface area contributed by atoms with E-state index in [2.05, 4.69) is 32.4 Å². The Hall–Kier alpha value is -1.69. The van der Waals surface area contributed by atoms with Gasteiger partial charge in [-0.15, -0.1) is 0 Å². The lowest BCUT2D eigenvalue weighted by Gasteiger charge is -2.22. The van der Waals surface area contributed by atoms with E-state index < -0.39 is 0 Å². The van der Waals surface area contributed by atoms with E-state index in [1.807, 2.05) is 12.3 Å². The van der Waals surface area contributed by atoms with Crippen molar-refractivity contribution in [3.05, 3.63) is 35.8 Å². The standard InChI is InChI=1S/C18H25FN4S/c1-20-18(23-11-13-5-8-24-9-6-13)21-7-4-14-12-22-17-10-15(19)2-3-16(14)17/h2-3,10,12-13,22H,4-9,11H2,1H3,(H2,20,21,23). The van der Waals surface area contributed by atoms with Crippen LogP contribution in [-0.2, 0) is 6.42 Å². The average molecular weight is 348 g/mol. The van der Waals surface area contributed by atoms with Crippen LogP contribution in [0.15, 0.2) is 29.4 Å². The second kappa shape index (κ2) is 8.42. The third-order valence-electron chi connectivity index (χ3n) is 4.54. The molecular formula is C18H25FN4S. The summed E-state index contributed by atoms with van der Waals surface area (Å²) in [7, 11) is 1.81. The van der Waals surface area contributed by atoms with Gasteiger partial charge in [-0.2, -0.15) is 11.8 Å². The zero-order valence-electron chi connectivity index (χ0n) is 14.1. The minimum absolute atomic E-state index is 0.209. The van der Waals surface area contributed by atoms with Gasteiger partial charge < -0.3 is 15.6 Å². The average Bonchev–Trinajstić information content (AvgIpc) is 3.01. The molecule has 130 valence electrons. The number of benzene rings is 1. The number of aromatic nitrogens is 1. The van der Waals surface area contributed by atoms with E-state index in [0.29, 0.717) is 0 Å². The Morgan fingerprint density at radius 2 is 2.17 bits per heavy atom. The van der Waals surface area contributed by atoms with Crippen molar-refractivity contribution in [2.45, 2.75) is 19.3 Å². The first-order valence-corrected chi connectivity index (χ1v) is 9.69. The molecule has 1 aromatic heterocycles. The maximum absolute atomic E-state index is 13.2. The number of aromatic amines is 1. The van der Waals surface area contributed by atoms with E-state index in [0.717, 1.165) is 42.3 Å². The number of nitrogens with zero attached hydrogens (tertiary/aromatic N) is 1. The largest absolute Gasteiger partial charge is 0.361 e. The Labute approximate surface area is 146 Å². The Kier molecular flexibility index (Phi) is 6.01. The molecule has 1 aliphatic heterocycles. The van der Waals surface area contributed by atoms with E-state index in [9.17, 15) is 4.39 Å². The molecule has 6 heteroatoms. The minimum Gasteiger partial charge on any atom is -0.361 e. The smallest absolute Gasteiger partial charge is 0.190 e. The number of halogens is 1. The summed E-state index contributed by atoms with van der Waals surface area (Å²) < 4.78 is 13.2. The van der Waals surface area contributed by atoms with E-state index in [4.69, 9.17) is 0 Å². The third-order valence-corrected chi connectivity index (χ3v) is 5.59. The molecule has 2 heterocycles. The number of hydrogen-bond acceptors (Lipinski definition) is 2. The van der Waals surface area contributed by atoms with Crippen LogP contribution in [0.25, 0.3) is 10.9 Å². The third kappa shape index (κ3) is 4.44. The van der Waals surface area contributed by atoms with Crippen molar-refractivity contribution < 1.29 is 4.39 Å². The minimum atomic E-state index is -0.209. The predicted octanol–water partition coefficient (Wildman–Crippen LogP) is 3.16. The zero-order valence-corrected chi connectivity index (χ0v) is 14.9. The van der Waals surface area contributed by atoms with Gasteiger partial charge >= 0.3 is 0 Å². The molecule has 0 spiro atoms. The highest BCUT2D eigenvalue weighted by Gasteiger charge is 2.13. The molecule has 4 nitrogen and oxygen atoms in total. The molecule has 0 aliphatic carbocycles. The molecule has 0 unspecified atom stereocenters. The summed E-state index contributed by atoms with van der Waals surface area (Å²) in [5.41, 5.74) is 2.04. The van der Waals surface area contributed by atoms with Crippen molar-refractivity contribution in [2.24, 2.45) is 10.9 Å². The first kappa shape index (κ1) is 17.1. The van der Waals surface area contributed by atoms with E-state index in [1.54, 1.807) is 7.05 Å². The van der Waals surface area contributed by atoms with E-state index >= 15 is 0 Å². The fourth-order valence-electron chi connectivity index (χ4n) is 3.09. The van der Waals surface area contributed by atoms with Crippen LogP contribution in [0.3, 0.4) is 0 Å². The van der Waals surface area contributed by atoms with Gasteiger partial charge in [-0.3, -0.25) is 4.99 Å². The van der Waals surface area contributed by atoms with Crippen molar-refractivity contribution in [3.63, 3.8) is 0 Å². The van der Waals surface area contributed by atoms with Crippen molar-refractivity contribution >= 4 is 28.6 Å². The molecule has 0 bridgehead atoms. The highest BCUT2D eigenvalue weighted by Crippen LogP contribution is 2.22. The van der Waals surface area contributed by atoms with Crippen molar-refractivity contribution in [1.29, 1.82) is 0 Å². The molecule has 3 N–H and O–H groups in total. The fourth-order valence-corrected chi connectivity index (χ4v) is 4.30. The van der Waals surface area contributed by atoms with E-state index in [-0.39, 0.29) is 5.82 Å². The molecule has 1 aromatic carbocycles. The number of aliphatic imine (C=N–C) groups is 1. The molecule has 0 saturated carbocycles. The number of fused-ring (bicyclic) bond motifs is 1. The van der Waals surface area contributed by atoms with Gasteiger partial charge in [0.1, 0.15) is 5.82 Å². The second-order valence-electron chi connectivity index (χ2n) is 6.19. The summed E-state index contributed by atoms with van der Waals surface area (Å²) in [5.74, 6) is 3.96. The molecule has 2 aromatic rings. The molecule has 0 radical (unpaired) electrons. The fraction of sp³-hybridized carbons (Fsp3) is 0.500. The summed E-state index contributed by atoms with van der Waals surface area (Å²) in [6, 6.07) is 4.88. The molecule has 24 heavy (non-hydrogen) atoms. The molecule has 1 fully saturated rings. The van der Waals surface area contributed by atoms with Crippen LogP contribution >= 0.6 is 11.8 Å². The topological polar surface area (TPSA) is 52.2 Å². The van der Waals surface area contributed by atoms with Crippen molar-refractivity contribution in [2.75, 3.05) is 31.6 Å². The normalized spacial score (nSPS) is 16.5. The molecule has 3 rings (SSSR count). The monoisotopic (exact) mass is 348 g/mol. The number of guanidine groups is 1. The lowest BCUT2D eigenvalue weighted by Crippen LogP contribution is -2.41. The van der Waals surface area contributed by atoms with Gasteiger partial charge in [-0.25, -0.2) is 4.39 Å². The van der Waals surface area contributed by atoms with Crippen LogP contribution in [0.2, 0.25) is 0 Å². The lowest BCUT2D eigenvalue weighted by atomic mass is 10.0. The van der Waals surface area contributed by atoms with Gasteiger partial charge in [0.15, 0.2) is 5.96 Å². The number of hydrogen-bond donors (Lipinski definition) is 3. The second-order valence-corrected chi connectivity index (χ2v) is 7.41. The Morgan fingerprint density at radius 3 is 2.96 bits per heavy atom. The SMILES string of the molecule is CN=C(NCCc1c[nH]c2cc(F)ccc12)NCC1CCSCC1. The first-order valence-electron chi connectivity index (χ1n) is 8.54. The molecule has 1 saturated heterocycles. The summed E-state index contributed by atoms with van der Waals surface area (Å²) in [5, 5.41) is 7.89. The highest BCUT2D eigenvalue weighted by molar-refractivity contribution is 7.99. The summed E-state index contributed by atoms with van der Waals surface area (Å²) in [4.78, 5) is 7.43. The quantitative estimate of drug-likeness (QED) is 0.575. The van der Waals surface area contributed by atoms with Crippen LogP contribution in [0.5, 0.6) is 0 Å². The van der Waals surface area contributed by atoms with Crippen LogP contribution in [0.4, 0.5) is 4.39 Å². The maximum Gasteiger partial charge on any atom is 0.190 e. The number of thioether (sulfide) groups is 1. The summed E-state index contributed by atoms with van der Waals surface area (Å²) in [6.45, 7) is 1.79. The van der Waals surface area contributed by atoms with Gasteiger partial charge in [-0.05, 0) is 60.4 Å². The highest BCUT2D eigenvalue weighted by atomic mass is 32.2. The van der Waals surface area contributed by atoms with Crippen LogP contribution in [0.1, 0.15) is 18.4 Å². The van der Waals surface area contributed by atoms with Gasteiger partial charge in [0.25, 0.3) is 0 Å². The summed E-state index contributed by atoms with van der Waals surface area (Å²) >= 11 is 2.05. The summed E-state index contributed by atoms with van der Waals surface area (Å²) in [6.07, 6.45) is 5.41. The Balaban J connectivity index is 1.47. The molecule has 0 atom stereocenters. The first-order chi connectivity index (χ1) is 11.8. The van der Waals surface area contributed by atoms with Crippen molar-refractivity contribution in [3.8, 4) is 0 Å². The maximum atomic E-state index is 13.2. The van der Waals surface area contributed by atoms with Crippen LogP contribution < -0.4 is 10.6 Å². The lowest BCUT2D eigenvalue weighted by molar-refractivity contribution is 0.479. The van der Waals surface area contributed by atoms with Gasteiger partial charge in [-0.1, -0.05) is 0 Å². The Morgan fingerprint density at radius 1 is 1.33 bits per heavy atom. The van der Waals surface area contributed by atoms with Crippen LogP contribution in [-0.4, -0.2) is 42.6 Å². The van der Waals surface area contributed by atoms with Gasteiger partial charge in [0.2, 0.25) is 0 Å². The van der Waals surface area contributed by atoms with Gasteiger partial charge in [0.05, 0.1) is 0 Å². The number of H-pyrrole nitrogens is 1. The molecule has 0 amide bonds. The molecule has 1 aliphatic rings. The van der Waals surface area contributed by atoms with Crippen LogP contribution in [0, 0.1) is 11.7 Å². The molecular weight excluding hydrogens is 323 g/mol. The number of rotatable bonds is 5.